The quantitative estimate of drug-likeness (QED) is 0.800. The van der Waals surface area contributed by atoms with Crippen molar-refractivity contribution in [2.75, 3.05) is 11.1 Å². The molecule has 0 bridgehead atoms. The molecule has 0 saturated heterocycles. The van der Waals surface area contributed by atoms with Crippen LogP contribution in [0.3, 0.4) is 0 Å². The van der Waals surface area contributed by atoms with Crippen molar-refractivity contribution in [3.05, 3.63) is 11.3 Å². The first-order chi connectivity index (χ1) is 7.32. The van der Waals surface area contributed by atoms with E-state index in [1.807, 2.05) is 0 Å². The number of nitrogens with two attached hydrogens (primary N) is 1. The molecule has 0 aliphatic rings. The van der Waals surface area contributed by atoms with Gasteiger partial charge in [-0.15, -0.1) is 0 Å². The second kappa shape index (κ2) is 4.87. The Bertz CT molecular complexity index is 339. The van der Waals surface area contributed by atoms with Gasteiger partial charge in [-0.2, -0.15) is 0 Å². The minimum absolute atomic E-state index is 0.154. The van der Waals surface area contributed by atoms with E-state index in [-0.39, 0.29) is 10.7 Å². The monoisotopic (exact) mass is 242 g/mol. The van der Waals surface area contributed by atoms with E-state index in [4.69, 9.17) is 17.3 Å². The number of anilines is 2. The second-order valence-electron chi connectivity index (χ2n) is 4.92. The molecule has 0 radical (unpaired) electrons. The maximum Gasteiger partial charge on any atom is 0.226 e. The summed E-state index contributed by atoms with van der Waals surface area (Å²) in [5.74, 6) is 1.06. The Morgan fingerprint density at radius 3 is 2.50 bits per heavy atom. The lowest BCUT2D eigenvalue weighted by Crippen LogP contribution is -2.33. The molecule has 1 unspecified atom stereocenters. The van der Waals surface area contributed by atoms with Crippen molar-refractivity contribution in [2.24, 2.45) is 5.41 Å². The molecule has 1 heterocycles. The largest absolute Gasteiger partial charge is 0.383 e. The van der Waals surface area contributed by atoms with E-state index in [2.05, 4.69) is 43.0 Å². The average molecular weight is 243 g/mol. The first kappa shape index (κ1) is 13.0. The van der Waals surface area contributed by atoms with E-state index in [9.17, 15) is 0 Å². The predicted molar refractivity (Wildman–Crippen MR) is 68.6 cm³/mol. The van der Waals surface area contributed by atoms with Gasteiger partial charge in [-0.1, -0.05) is 27.7 Å². The summed E-state index contributed by atoms with van der Waals surface area (Å²) in [4.78, 5) is 7.92. The molecule has 0 aliphatic heterocycles. The molecule has 0 fully saturated rings. The Balaban J connectivity index is 2.86. The molecule has 1 rings (SSSR count). The van der Waals surface area contributed by atoms with Gasteiger partial charge in [0.25, 0.3) is 0 Å². The van der Waals surface area contributed by atoms with Gasteiger partial charge >= 0.3 is 0 Å². The number of hydrogen-bond donors (Lipinski definition) is 2. The number of aromatic nitrogens is 2. The number of halogens is 1. The lowest BCUT2D eigenvalue weighted by molar-refractivity contribution is 0.333. The first-order valence-electron chi connectivity index (χ1n) is 5.39. The van der Waals surface area contributed by atoms with Gasteiger partial charge in [0.2, 0.25) is 5.28 Å². The summed E-state index contributed by atoms with van der Waals surface area (Å²) in [6.45, 7) is 8.68. The number of rotatable bonds is 3. The maximum atomic E-state index is 5.75. The Labute approximate surface area is 102 Å². The van der Waals surface area contributed by atoms with E-state index in [1.54, 1.807) is 6.07 Å². The predicted octanol–water partition coefficient (Wildman–Crippen LogP) is 2.95. The Hall–Kier alpha value is -1.03. The number of nitrogen functional groups attached to an aromatic ring is 1. The molecular weight excluding hydrogens is 224 g/mol. The van der Waals surface area contributed by atoms with E-state index < -0.39 is 0 Å². The van der Waals surface area contributed by atoms with Crippen LogP contribution in [-0.2, 0) is 0 Å². The highest BCUT2D eigenvalue weighted by atomic mass is 35.5. The molecule has 90 valence electrons. The molecule has 1 atom stereocenters. The molecule has 3 N–H and O–H groups in total. The Morgan fingerprint density at radius 2 is 2.06 bits per heavy atom. The van der Waals surface area contributed by atoms with Crippen LogP contribution >= 0.6 is 11.6 Å². The van der Waals surface area contributed by atoms with Crippen LogP contribution in [0.1, 0.15) is 34.1 Å². The third kappa shape index (κ3) is 3.52. The van der Waals surface area contributed by atoms with Crippen molar-refractivity contribution in [2.45, 2.75) is 40.2 Å². The zero-order chi connectivity index (χ0) is 12.3. The van der Waals surface area contributed by atoms with Crippen LogP contribution < -0.4 is 11.1 Å². The highest BCUT2D eigenvalue weighted by Gasteiger charge is 2.23. The topological polar surface area (TPSA) is 63.8 Å². The summed E-state index contributed by atoms with van der Waals surface area (Å²) in [6, 6.07) is 2.01. The number of nitrogens with one attached hydrogen (secondary N) is 1. The molecule has 0 spiro atoms. The van der Waals surface area contributed by atoms with Crippen molar-refractivity contribution in [1.82, 2.24) is 9.97 Å². The van der Waals surface area contributed by atoms with Crippen molar-refractivity contribution in [1.29, 1.82) is 0 Å². The highest BCUT2D eigenvalue weighted by Crippen LogP contribution is 2.25. The molecule has 0 aromatic carbocycles. The number of hydrogen-bond acceptors (Lipinski definition) is 4. The Kier molecular flexibility index (Phi) is 3.97. The molecule has 1 aromatic rings. The van der Waals surface area contributed by atoms with Gasteiger partial charge < -0.3 is 11.1 Å². The van der Waals surface area contributed by atoms with Crippen LogP contribution in [0.4, 0.5) is 11.6 Å². The highest BCUT2D eigenvalue weighted by molar-refractivity contribution is 6.28. The van der Waals surface area contributed by atoms with Crippen LogP contribution in [0.5, 0.6) is 0 Å². The second-order valence-corrected chi connectivity index (χ2v) is 5.26. The first-order valence-corrected chi connectivity index (χ1v) is 5.77. The fraction of sp³-hybridized carbons (Fsp3) is 0.636. The van der Waals surface area contributed by atoms with Crippen molar-refractivity contribution in [3.8, 4) is 0 Å². The SMILES string of the molecule is CCC(Nc1cc(N)nc(Cl)n1)C(C)(C)C. The van der Waals surface area contributed by atoms with Crippen LogP contribution in [0.2, 0.25) is 5.28 Å². The van der Waals surface area contributed by atoms with Crippen LogP contribution in [0.25, 0.3) is 0 Å². The zero-order valence-corrected chi connectivity index (χ0v) is 11.0. The molecule has 5 heteroatoms. The summed E-state index contributed by atoms with van der Waals surface area (Å²) in [7, 11) is 0. The lowest BCUT2D eigenvalue weighted by Gasteiger charge is -2.31. The smallest absolute Gasteiger partial charge is 0.226 e. The Morgan fingerprint density at radius 1 is 1.44 bits per heavy atom. The van der Waals surface area contributed by atoms with E-state index in [0.717, 1.165) is 6.42 Å². The molecule has 1 aromatic heterocycles. The average Bonchev–Trinajstić information content (AvgIpc) is 2.10. The molecule has 0 aliphatic carbocycles. The van der Waals surface area contributed by atoms with Crippen LogP contribution in [0, 0.1) is 5.41 Å². The normalized spacial score (nSPS) is 13.6. The van der Waals surface area contributed by atoms with Crippen LogP contribution in [-0.4, -0.2) is 16.0 Å². The molecular formula is C11H19ClN4. The van der Waals surface area contributed by atoms with Gasteiger partial charge in [-0.05, 0) is 23.4 Å². The van der Waals surface area contributed by atoms with Gasteiger partial charge in [0, 0.05) is 12.1 Å². The summed E-state index contributed by atoms with van der Waals surface area (Å²) in [5.41, 5.74) is 5.76. The minimum Gasteiger partial charge on any atom is -0.383 e. The standard InChI is InChI=1S/C11H19ClN4/c1-5-7(11(2,3)4)14-9-6-8(13)15-10(12)16-9/h6-7H,5H2,1-4H3,(H3,13,14,15,16). The molecule has 4 nitrogen and oxygen atoms in total. The third-order valence-electron chi connectivity index (χ3n) is 2.49. The van der Waals surface area contributed by atoms with Gasteiger partial charge in [0.15, 0.2) is 0 Å². The molecule has 0 saturated carbocycles. The van der Waals surface area contributed by atoms with Crippen molar-refractivity contribution in [3.63, 3.8) is 0 Å². The zero-order valence-electron chi connectivity index (χ0n) is 10.2. The van der Waals surface area contributed by atoms with Crippen molar-refractivity contribution >= 4 is 23.2 Å². The van der Waals surface area contributed by atoms with Gasteiger partial charge in [0.05, 0.1) is 0 Å². The van der Waals surface area contributed by atoms with Gasteiger partial charge in [0.1, 0.15) is 11.6 Å². The third-order valence-corrected chi connectivity index (χ3v) is 2.66. The summed E-state index contributed by atoms with van der Waals surface area (Å²) in [5, 5.41) is 3.51. The fourth-order valence-corrected chi connectivity index (χ4v) is 1.81. The van der Waals surface area contributed by atoms with Gasteiger partial charge in [-0.25, -0.2) is 9.97 Å². The number of nitrogens with zero attached hydrogens (tertiary/aromatic N) is 2. The van der Waals surface area contributed by atoms with E-state index in [0.29, 0.717) is 17.7 Å². The van der Waals surface area contributed by atoms with E-state index in [1.165, 1.54) is 0 Å². The summed E-state index contributed by atoms with van der Waals surface area (Å²) >= 11 is 5.75. The summed E-state index contributed by atoms with van der Waals surface area (Å²) < 4.78 is 0. The lowest BCUT2D eigenvalue weighted by atomic mass is 9.85. The fourth-order valence-electron chi connectivity index (χ4n) is 1.62. The maximum absolute atomic E-state index is 5.75. The van der Waals surface area contributed by atoms with Gasteiger partial charge in [-0.3, -0.25) is 0 Å². The molecule has 0 amide bonds. The summed E-state index contributed by atoms with van der Waals surface area (Å²) in [6.07, 6.45) is 1.00. The molecule has 16 heavy (non-hydrogen) atoms. The van der Waals surface area contributed by atoms with Crippen LogP contribution in [0.15, 0.2) is 6.07 Å². The minimum atomic E-state index is 0.154. The van der Waals surface area contributed by atoms with E-state index >= 15 is 0 Å². The van der Waals surface area contributed by atoms with Crippen molar-refractivity contribution < 1.29 is 0 Å².